The van der Waals surface area contributed by atoms with E-state index < -0.39 is 0 Å². The van der Waals surface area contributed by atoms with Crippen molar-refractivity contribution in [2.24, 2.45) is 0 Å². The molecule has 2 aromatic rings. The van der Waals surface area contributed by atoms with Crippen LogP contribution in [0.4, 0.5) is 0 Å². The number of rotatable bonds is 2. The number of hydrogen-bond acceptors (Lipinski definition) is 6. The van der Waals surface area contributed by atoms with Crippen molar-refractivity contribution in [3.8, 4) is 11.5 Å². The van der Waals surface area contributed by atoms with Gasteiger partial charge in [-0.2, -0.15) is 11.8 Å². The second-order valence-corrected chi connectivity index (χ2v) is 9.96. The molecule has 1 spiro atoms. The van der Waals surface area contributed by atoms with E-state index in [0.717, 1.165) is 5.56 Å². The van der Waals surface area contributed by atoms with Crippen molar-refractivity contribution in [3.05, 3.63) is 36.2 Å². The van der Waals surface area contributed by atoms with Crippen LogP contribution < -0.4 is 5.32 Å². The van der Waals surface area contributed by atoms with E-state index in [-0.39, 0.29) is 15.7 Å². The van der Waals surface area contributed by atoms with Crippen LogP contribution in [-0.4, -0.2) is 31.3 Å². The van der Waals surface area contributed by atoms with Crippen molar-refractivity contribution in [2.45, 2.75) is 42.3 Å². The summed E-state index contributed by atoms with van der Waals surface area (Å²) in [6.07, 6.45) is 2.39. The van der Waals surface area contributed by atoms with Crippen LogP contribution >= 0.6 is 23.5 Å². The smallest absolute Gasteiger partial charge is 0.247 e. The van der Waals surface area contributed by atoms with Gasteiger partial charge in [0.25, 0.3) is 0 Å². The highest BCUT2D eigenvalue weighted by molar-refractivity contribution is 8.02. The van der Waals surface area contributed by atoms with Crippen molar-refractivity contribution in [1.82, 2.24) is 15.5 Å². The molecule has 4 rings (SSSR count). The maximum Gasteiger partial charge on any atom is 0.247 e. The molecule has 0 bridgehead atoms. The van der Waals surface area contributed by atoms with Gasteiger partial charge in [0, 0.05) is 10.3 Å². The first kappa shape index (κ1) is 15.5. The Hall–Kier alpha value is -0.980. The normalized spacial score (nSPS) is 25.7. The molecule has 2 fully saturated rings. The largest absolute Gasteiger partial charge is 0.419 e. The van der Waals surface area contributed by atoms with Crippen LogP contribution in [0.2, 0.25) is 0 Å². The molecule has 1 aromatic carbocycles. The van der Waals surface area contributed by atoms with Crippen LogP contribution in [0.15, 0.2) is 34.7 Å². The summed E-state index contributed by atoms with van der Waals surface area (Å²) in [4.78, 5) is 0.167. The molecule has 0 unspecified atom stereocenters. The van der Waals surface area contributed by atoms with E-state index in [2.05, 4.69) is 29.4 Å². The van der Waals surface area contributed by atoms with Gasteiger partial charge in [-0.1, -0.05) is 18.2 Å². The fourth-order valence-electron chi connectivity index (χ4n) is 3.38. The monoisotopic (exact) mass is 347 g/mol. The molecule has 0 amide bonds. The fraction of sp³-hybridized carbons (Fsp3) is 0.529. The third-order valence-corrected chi connectivity index (χ3v) is 7.23. The lowest BCUT2D eigenvalue weighted by Gasteiger charge is -2.33. The summed E-state index contributed by atoms with van der Waals surface area (Å²) in [7, 11) is 0. The number of benzene rings is 1. The number of nitrogens with zero attached hydrogens (tertiary/aromatic N) is 2. The van der Waals surface area contributed by atoms with E-state index >= 15 is 0 Å². The first-order valence-corrected chi connectivity index (χ1v) is 10.00. The summed E-state index contributed by atoms with van der Waals surface area (Å²) in [6.45, 7) is 4.55. The standard InChI is InChI=1S/C17H21N3OS2/c1-16(2)13(18-17(23-16)8-10-22-11-9-17)15-20-19-14(21-15)12-6-4-3-5-7-12/h3-7,13,18H,8-11H2,1-2H3/t13-/m1/s1. The molecule has 0 saturated carbocycles. The lowest BCUT2D eigenvalue weighted by molar-refractivity contribution is 0.327. The zero-order valence-corrected chi connectivity index (χ0v) is 15.0. The van der Waals surface area contributed by atoms with Crippen LogP contribution in [0.5, 0.6) is 0 Å². The molecule has 2 aliphatic rings. The molecule has 2 saturated heterocycles. The molecular formula is C17H21N3OS2. The van der Waals surface area contributed by atoms with Crippen LogP contribution in [0, 0.1) is 0 Å². The summed E-state index contributed by atoms with van der Waals surface area (Å²) in [5, 5.41) is 12.4. The SMILES string of the molecule is CC1(C)SC2(CCSCC2)N[C@@H]1c1nnc(-c2ccccc2)o1. The quantitative estimate of drug-likeness (QED) is 0.882. The Kier molecular flexibility index (Phi) is 3.94. The number of aromatic nitrogens is 2. The minimum absolute atomic E-state index is 0.0441. The molecule has 6 heteroatoms. The van der Waals surface area contributed by atoms with Crippen molar-refractivity contribution in [1.29, 1.82) is 0 Å². The van der Waals surface area contributed by atoms with E-state index in [4.69, 9.17) is 4.42 Å². The van der Waals surface area contributed by atoms with Gasteiger partial charge in [-0.05, 0) is 50.3 Å². The predicted molar refractivity (Wildman–Crippen MR) is 96.6 cm³/mol. The first-order chi connectivity index (χ1) is 11.1. The van der Waals surface area contributed by atoms with Gasteiger partial charge in [-0.15, -0.1) is 22.0 Å². The van der Waals surface area contributed by atoms with Crippen LogP contribution in [-0.2, 0) is 0 Å². The molecule has 0 radical (unpaired) electrons. The van der Waals surface area contributed by atoms with Crippen LogP contribution in [0.1, 0.15) is 38.6 Å². The van der Waals surface area contributed by atoms with Crippen molar-refractivity contribution >= 4 is 23.5 Å². The average Bonchev–Trinajstić information content (AvgIpc) is 3.12. The van der Waals surface area contributed by atoms with Gasteiger partial charge in [0.05, 0.1) is 4.87 Å². The minimum Gasteiger partial charge on any atom is -0.419 e. The first-order valence-electron chi connectivity index (χ1n) is 8.02. The van der Waals surface area contributed by atoms with E-state index in [0.29, 0.717) is 11.8 Å². The third kappa shape index (κ3) is 2.92. The van der Waals surface area contributed by atoms with E-state index in [1.54, 1.807) is 0 Å². The number of nitrogens with one attached hydrogen (secondary N) is 1. The fourth-order valence-corrected chi connectivity index (χ4v) is 6.70. The molecule has 4 nitrogen and oxygen atoms in total. The molecular weight excluding hydrogens is 326 g/mol. The molecule has 1 atom stereocenters. The lowest BCUT2D eigenvalue weighted by atomic mass is 10.0. The van der Waals surface area contributed by atoms with E-state index in [1.165, 1.54) is 24.3 Å². The molecule has 122 valence electrons. The zero-order valence-electron chi connectivity index (χ0n) is 13.4. The number of hydrogen-bond donors (Lipinski definition) is 1. The Balaban J connectivity index is 1.61. The van der Waals surface area contributed by atoms with Gasteiger partial charge < -0.3 is 4.42 Å². The second kappa shape index (κ2) is 5.83. The molecule has 23 heavy (non-hydrogen) atoms. The summed E-state index contributed by atoms with van der Waals surface area (Å²) in [6, 6.07) is 10.1. The summed E-state index contributed by atoms with van der Waals surface area (Å²) < 4.78 is 6.06. The third-order valence-electron chi connectivity index (χ3n) is 4.57. The Morgan fingerprint density at radius 3 is 2.61 bits per heavy atom. The van der Waals surface area contributed by atoms with Crippen LogP contribution in [0.25, 0.3) is 11.5 Å². The predicted octanol–water partition coefficient (Wildman–Crippen LogP) is 4.12. The molecule has 1 N–H and O–H groups in total. The van der Waals surface area contributed by atoms with Gasteiger partial charge in [-0.25, -0.2) is 0 Å². The summed E-state index contributed by atoms with van der Waals surface area (Å²) >= 11 is 4.10. The maximum atomic E-state index is 6.02. The van der Waals surface area contributed by atoms with Crippen molar-refractivity contribution in [3.63, 3.8) is 0 Å². The summed E-state index contributed by atoms with van der Waals surface area (Å²) in [5.74, 6) is 3.75. The minimum atomic E-state index is 0.0441. The van der Waals surface area contributed by atoms with Gasteiger partial charge >= 0.3 is 0 Å². The number of thioether (sulfide) groups is 2. The molecule has 0 aliphatic carbocycles. The highest BCUT2D eigenvalue weighted by atomic mass is 32.2. The summed E-state index contributed by atoms with van der Waals surface area (Å²) in [5.41, 5.74) is 0.971. The second-order valence-electron chi connectivity index (χ2n) is 6.70. The lowest BCUT2D eigenvalue weighted by Crippen LogP contribution is -2.42. The Labute approximate surface area is 145 Å². The average molecular weight is 348 g/mol. The zero-order chi connectivity index (χ0) is 15.9. The van der Waals surface area contributed by atoms with Gasteiger partial charge in [0.1, 0.15) is 6.04 Å². The van der Waals surface area contributed by atoms with Crippen molar-refractivity contribution < 1.29 is 4.42 Å². The van der Waals surface area contributed by atoms with Gasteiger partial charge in [-0.3, -0.25) is 5.32 Å². The Bertz CT molecular complexity index is 680. The van der Waals surface area contributed by atoms with Gasteiger partial charge in [0.15, 0.2) is 0 Å². The van der Waals surface area contributed by atoms with E-state index in [9.17, 15) is 0 Å². The highest BCUT2D eigenvalue weighted by Crippen LogP contribution is 2.55. The Morgan fingerprint density at radius 2 is 1.87 bits per heavy atom. The highest BCUT2D eigenvalue weighted by Gasteiger charge is 2.52. The topological polar surface area (TPSA) is 51.0 Å². The van der Waals surface area contributed by atoms with E-state index in [1.807, 2.05) is 53.9 Å². The maximum absolute atomic E-state index is 6.02. The molecule has 2 aliphatic heterocycles. The molecule has 1 aromatic heterocycles. The van der Waals surface area contributed by atoms with Gasteiger partial charge in [0.2, 0.25) is 11.8 Å². The van der Waals surface area contributed by atoms with Crippen molar-refractivity contribution in [2.75, 3.05) is 11.5 Å². The molecule has 3 heterocycles. The Morgan fingerprint density at radius 1 is 1.13 bits per heavy atom. The van der Waals surface area contributed by atoms with Crippen LogP contribution in [0.3, 0.4) is 0 Å².